The van der Waals surface area contributed by atoms with E-state index in [1.165, 1.54) is 10.5 Å². The van der Waals surface area contributed by atoms with Crippen LogP contribution in [-0.2, 0) is 22.6 Å². The lowest BCUT2D eigenvalue weighted by Crippen LogP contribution is -2.56. The van der Waals surface area contributed by atoms with Crippen LogP contribution in [0.5, 0.6) is 0 Å². The van der Waals surface area contributed by atoms with Gasteiger partial charge in [-0.3, -0.25) is 14.6 Å². The Bertz CT molecular complexity index is 1170. The Hall–Kier alpha value is -3.42. The van der Waals surface area contributed by atoms with Gasteiger partial charge in [0, 0.05) is 45.5 Å². The van der Waals surface area contributed by atoms with Crippen molar-refractivity contribution >= 4 is 11.9 Å². The standard InChI is InChI=1S/C29H33N3O4/c1-35-18-7-15-32-28(34)31(22-23-8-3-2-4-9-23)27(33)29(32)13-16-30(17-14-29)21-24-10-5-11-25(20-24)26-12-6-19-36-26/h2-6,8-12,19-20H,7,13-18,21-22H2,1H3. The number of carbonyl (C=O) groups excluding carboxylic acids is 2. The quantitative estimate of drug-likeness (QED) is 0.321. The fourth-order valence-electron chi connectivity index (χ4n) is 5.45. The Kier molecular flexibility index (Phi) is 7.20. The first kappa shape index (κ1) is 24.3. The van der Waals surface area contributed by atoms with E-state index in [0.717, 1.165) is 36.5 Å². The number of benzene rings is 2. The number of furan rings is 1. The molecule has 3 aromatic rings. The molecular formula is C29H33N3O4. The van der Waals surface area contributed by atoms with Crippen molar-refractivity contribution in [2.45, 2.75) is 37.9 Å². The first-order chi connectivity index (χ1) is 17.6. The lowest BCUT2D eigenvalue weighted by Gasteiger charge is -2.42. The van der Waals surface area contributed by atoms with Gasteiger partial charge in [-0.15, -0.1) is 0 Å². The van der Waals surface area contributed by atoms with E-state index in [-0.39, 0.29) is 11.9 Å². The molecule has 0 unspecified atom stereocenters. The molecule has 0 bridgehead atoms. The summed E-state index contributed by atoms with van der Waals surface area (Å²) in [7, 11) is 1.66. The maximum atomic E-state index is 13.8. The van der Waals surface area contributed by atoms with E-state index in [1.807, 2.05) is 47.4 Å². The smallest absolute Gasteiger partial charge is 0.327 e. The summed E-state index contributed by atoms with van der Waals surface area (Å²) in [5.41, 5.74) is 2.45. The number of methoxy groups -OCH3 is 1. The minimum Gasteiger partial charge on any atom is -0.464 e. The Morgan fingerprint density at radius 1 is 0.917 bits per heavy atom. The average molecular weight is 488 g/mol. The van der Waals surface area contributed by atoms with Gasteiger partial charge in [-0.05, 0) is 48.6 Å². The molecule has 2 aliphatic rings. The van der Waals surface area contributed by atoms with Crippen molar-refractivity contribution in [3.05, 3.63) is 84.1 Å². The molecule has 36 heavy (non-hydrogen) atoms. The number of piperidine rings is 1. The van der Waals surface area contributed by atoms with Gasteiger partial charge in [0.25, 0.3) is 5.91 Å². The Balaban J connectivity index is 1.30. The van der Waals surface area contributed by atoms with Crippen LogP contribution >= 0.6 is 0 Å². The second-order valence-corrected chi connectivity index (χ2v) is 9.64. The van der Waals surface area contributed by atoms with Crippen LogP contribution in [0, 0.1) is 0 Å². The van der Waals surface area contributed by atoms with Crippen molar-refractivity contribution in [3.63, 3.8) is 0 Å². The van der Waals surface area contributed by atoms with Gasteiger partial charge >= 0.3 is 6.03 Å². The van der Waals surface area contributed by atoms with E-state index >= 15 is 0 Å². The summed E-state index contributed by atoms with van der Waals surface area (Å²) in [5.74, 6) is 0.794. The number of carbonyl (C=O) groups is 2. The Labute approximate surface area is 212 Å². The first-order valence-corrected chi connectivity index (χ1v) is 12.6. The molecule has 2 saturated heterocycles. The molecule has 5 rings (SSSR count). The molecule has 3 amide bonds. The molecule has 0 N–H and O–H groups in total. The van der Waals surface area contributed by atoms with Crippen LogP contribution in [-0.4, -0.2) is 65.5 Å². The number of amides is 3. The highest BCUT2D eigenvalue weighted by atomic mass is 16.5. The lowest BCUT2D eigenvalue weighted by atomic mass is 9.85. The summed E-state index contributed by atoms with van der Waals surface area (Å²) < 4.78 is 10.8. The van der Waals surface area contributed by atoms with Crippen molar-refractivity contribution in [1.29, 1.82) is 0 Å². The molecule has 2 aromatic carbocycles. The van der Waals surface area contributed by atoms with Gasteiger partial charge in [-0.25, -0.2) is 4.79 Å². The molecule has 0 saturated carbocycles. The Morgan fingerprint density at radius 3 is 2.42 bits per heavy atom. The normalized spacial score (nSPS) is 17.9. The lowest BCUT2D eigenvalue weighted by molar-refractivity contribution is -0.136. The molecular weight excluding hydrogens is 454 g/mol. The minimum atomic E-state index is -0.772. The van der Waals surface area contributed by atoms with Gasteiger partial charge in [-0.2, -0.15) is 0 Å². The molecule has 7 heteroatoms. The molecule has 2 fully saturated rings. The van der Waals surface area contributed by atoms with Crippen molar-refractivity contribution in [2.24, 2.45) is 0 Å². The maximum absolute atomic E-state index is 13.8. The van der Waals surface area contributed by atoms with Gasteiger partial charge in [0.1, 0.15) is 11.3 Å². The van der Waals surface area contributed by atoms with Crippen LogP contribution in [0.4, 0.5) is 4.79 Å². The second kappa shape index (κ2) is 10.7. The van der Waals surface area contributed by atoms with Crippen LogP contribution < -0.4 is 0 Å². The third-order valence-electron chi connectivity index (χ3n) is 7.36. The number of nitrogens with zero attached hydrogens (tertiary/aromatic N) is 3. The molecule has 0 radical (unpaired) electrons. The molecule has 3 heterocycles. The number of hydrogen-bond donors (Lipinski definition) is 0. The van der Waals surface area contributed by atoms with Crippen molar-refractivity contribution < 1.29 is 18.7 Å². The van der Waals surface area contributed by atoms with E-state index in [2.05, 4.69) is 29.2 Å². The van der Waals surface area contributed by atoms with Crippen molar-refractivity contribution in [3.8, 4) is 11.3 Å². The van der Waals surface area contributed by atoms with Gasteiger partial charge in [0.2, 0.25) is 0 Å². The summed E-state index contributed by atoms with van der Waals surface area (Å²) in [6.45, 7) is 3.70. The van der Waals surface area contributed by atoms with Crippen LogP contribution in [0.2, 0.25) is 0 Å². The van der Waals surface area contributed by atoms with Crippen LogP contribution in [0.3, 0.4) is 0 Å². The van der Waals surface area contributed by atoms with E-state index < -0.39 is 5.54 Å². The summed E-state index contributed by atoms with van der Waals surface area (Å²) in [6, 6.07) is 21.8. The van der Waals surface area contributed by atoms with Crippen LogP contribution in [0.25, 0.3) is 11.3 Å². The van der Waals surface area contributed by atoms with Gasteiger partial charge in [0.05, 0.1) is 12.8 Å². The van der Waals surface area contributed by atoms with Crippen molar-refractivity contribution in [1.82, 2.24) is 14.7 Å². The highest BCUT2D eigenvalue weighted by molar-refractivity contribution is 6.07. The third kappa shape index (κ3) is 4.81. The zero-order chi connectivity index (χ0) is 25.0. The van der Waals surface area contributed by atoms with Gasteiger partial charge in [-0.1, -0.05) is 48.5 Å². The largest absolute Gasteiger partial charge is 0.464 e. The number of rotatable bonds is 9. The highest BCUT2D eigenvalue weighted by Crippen LogP contribution is 2.38. The van der Waals surface area contributed by atoms with Gasteiger partial charge in [0.15, 0.2) is 0 Å². The van der Waals surface area contributed by atoms with Crippen LogP contribution in [0.15, 0.2) is 77.4 Å². The fraction of sp³-hybridized carbons (Fsp3) is 0.379. The predicted molar refractivity (Wildman–Crippen MR) is 137 cm³/mol. The summed E-state index contributed by atoms with van der Waals surface area (Å²) in [5, 5.41) is 0. The molecule has 1 spiro atoms. The van der Waals surface area contributed by atoms with E-state index in [0.29, 0.717) is 39.0 Å². The number of ether oxygens (including phenoxy) is 1. The zero-order valence-electron chi connectivity index (χ0n) is 20.8. The zero-order valence-corrected chi connectivity index (χ0v) is 20.8. The minimum absolute atomic E-state index is 0.0618. The molecule has 1 aromatic heterocycles. The first-order valence-electron chi connectivity index (χ1n) is 12.6. The summed E-state index contributed by atoms with van der Waals surface area (Å²) >= 11 is 0. The number of hydrogen-bond acceptors (Lipinski definition) is 5. The number of urea groups is 1. The van der Waals surface area contributed by atoms with Crippen LogP contribution in [0.1, 0.15) is 30.4 Å². The topological polar surface area (TPSA) is 66.2 Å². The van der Waals surface area contributed by atoms with E-state index in [9.17, 15) is 9.59 Å². The molecule has 188 valence electrons. The van der Waals surface area contributed by atoms with Gasteiger partial charge < -0.3 is 14.1 Å². The Morgan fingerprint density at radius 2 is 1.69 bits per heavy atom. The molecule has 7 nitrogen and oxygen atoms in total. The summed E-state index contributed by atoms with van der Waals surface area (Å²) in [6.07, 6.45) is 3.66. The van der Waals surface area contributed by atoms with E-state index in [1.54, 1.807) is 13.4 Å². The summed E-state index contributed by atoms with van der Waals surface area (Å²) in [4.78, 5) is 32.9. The molecule has 0 aliphatic carbocycles. The third-order valence-corrected chi connectivity index (χ3v) is 7.36. The number of imide groups is 1. The molecule has 2 aliphatic heterocycles. The maximum Gasteiger partial charge on any atom is 0.327 e. The predicted octanol–water partition coefficient (Wildman–Crippen LogP) is 4.78. The van der Waals surface area contributed by atoms with Crippen molar-refractivity contribution in [2.75, 3.05) is 33.4 Å². The second-order valence-electron chi connectivity index (χ2n) is 9.64. The van der Waals surface area contributed by atoms with E-state index in [4.69, 9.17) is 9.15 Å². The number of likely N-dealkylation sites (tertiary alicyclic amines) is 1. The average Bonchev–Trinajstić information content (AvgIpc) is 3.51. The fourth-order valence-corrected chi connectivity index (χ4v) is 5.45. The SMILES string of the molecule is COCCCN1C(=O)N(Cc2ccccc2)C(=O)C12CCN(Cc1cccc(-c3ccco3)c1)CC2. The monoisotopic (exact) mass is 487 g/mol. The highest BCUT2D eigenvalue weighted by Gasteiger charge is 2.57. The molecule has 0 atom stereocenters.